The van der Waals surface area contributed by atoms with Gasteiger partial charge in [0.25, 0.3) is 0 Å². The minimum atomic E-state index is -0.396. The Morgan fingerprint density at radius 2 is 1.91 bits per heavy atom. The molecule has 0 aromatic heterocycles. The number of benzene rings is 1. The van der Waals surface area contributed by atoms with E-state index in [2.05, 4.69) is 36.9 Å². The van der Waals surface area contributed by atoms with Gasteiger partial charge in [-0.1, -0.05) is 42.4 Å². The molecule has 7 nitrogen and oxygen atoms in total. The summed E-state index contributed by atoms with van der Waals surface area (Å²) < 4.78 is 11.0. The number of amides is 1. The molecule has 4 rings (SSSR count). The van der Waals surface area contributed by atoms with E-state index >= 15 is 0 Å². The first-order valence-corrected chi connectivity index (χ1v) is 12.7. The van der Waals surface area contributed by atoms with Gasteiger partial charge < -0.3 is 19.3 Å². The van der Waals surface area contributed by atoms with Crippen LogP contribution in [0.4, 0.5) is 0 Å². The number of morpholine rings is 1. The summed E-state index contributed by atoms with van der Waals surface area (Å²) in [6, 6.07) is 5.85. The summed E-state index contributed by atoms with van der Waals surface area (Å²) in [6.07, 6.45) is 0.871. The Hall–Kier alpha value is -2.58. The highest BCUT2D eigenvalue weighted by atomic mass is 32.2. The molecule has 1 amide bonds. The number of hydrogen-bond acceptors (Lipinski definition) is 7. The number of aryl methyl sites for hydroxylation is 2. The Labute approximate surface area is 205 Å². The SMILES string of the molecule is CCC1=C(C(=O)OC)C(c2ccc(C)cc2C)N2C(CC(=O)N3CC(C)OC(C)C3)=CSC2=N1. The molecule has 1 aromatic carbocycles. The van der Waals surface area contributed by atoms with Crippen molar-refractivity contribution in [2.45, 2.75) is 65.7 Å². The van der Waals surface area contributed by atoms with Gasteiger partial charge in [0.2, 0.25) is 5.91 Å². The Kier molecular flexibility index (Phi) is 7.19. The van der Waals surface area contributed by atoms with Crippen LogP contribution in [0.5, 0.6) is 0 Å². The van der Waals surface area contributed by atoms with Gasteiger partial charge in [-0.25, -0.2) is 9.79 Å². The van der Waals surface area contributed by atoms with Gasteiger partial charge in [-0.2, -0.15) is 0 Å². The van der Waals surface area contributed by atoms with E-state index < -0.39 is 6.04 Å². The van der Waals surface area contributed by atoms with Crippen molar-refractivity contribution in [1.82, 2.24) is 9.80 Å². The predicted octanol–water partition coefficient (Wildman–Crippen LogP) is 4.47. The van der Waals surface area contributed by atoms with Crippen LogP contribution < -0.4 is 0 Å². The van der Waals surface area contributed by atoms with Gasteiger partial charge in [0, 0.05) is 18.8 Å². The van der Waals surface area contributed by atoms with Crippen molar-refractivity contribution in [2.75, 3.05) is 20.2 Å². The van der Waals surface area contributed by atoms with Crippen LogP contribution in [0.3, 0.4) is 0 Å². The van der Waals surface area contributed by atoms with E-state index in [0.717, 1.165) is 33.3 Å². The van der Waals surface area contributed by atoms with E-state index in [9.17, 15) is 9.59 Å². The van der Waals surface area contributed by atoms with Crippen molar-refractivity contribution in [3.63, 3.8) is 0 Å². The Morgan fingerprint density at radius 1 is 1.21 bits per heavy atom. The van der Waals surface area contributed by atoms with Crippen LogP contribution in [0.25, 0.3) is 0 Å². The van der Waals surface area contributed by atoms with Crippen LogP contribution in [-0.2, 0) is 19.1 Å². The van der Waals surface area contributed by atoms with Gasteiger partial charge in [-0.15, -0.1) is 0 Å². The van der Waals surface area contributed by atoms with Gasteiger partial charge in [0.15, 0.2) is 5.17 Å². The number of thioether (sulfide) groups is 1. The third-order valence-electron chi connectivity index (χ3n) is 6.45. The number of methoxy groups -OCH3 is 1. The van der Waals surface area contributed by atoms with Crippen molar-refractivity contribution in [3.05, 3.63) is 57.3 Å². The highest BCUT2D eigenvalue weighted by Crippen LogP contribution is 2.46. The maximum absolute atomic E-state index is 13.3. The fourth-order valence-electron chi connectivity index (χ4n) is 4.99. The molecule has 0 aliphatic carbocycles. The molecule has 34 heavy (non-hydrogen) atoms. The summed E-state index contributed by atoms with van der Waals surface area (Å²) in [5.41, 5.74) is 5.37. The highest BCUT2D eigenvalue weighted by Gasteiger charge is 2.42. The maximum Gasteiger partial charge on any atom is 0.338 e. The first-order chi connectivity index (χ1) is 16.2. The van der Waals surface area contributed by atoms with Gasteiger partial charge in [0.05, 0.1) is 43.1 Å². The number of hydrogen-bond donors (Lipinski definition) is 0. The predicted molar refractivity (Wildman–Crippen MR) is 134 cm³/mol. The Bertz CT molecular complexity index is 1080. The smallest absolute Gasteiger partial charge is 0.338 e. The molecule has 3 aliphatic heterocycles. The largest absolute Gasteiger partial charge is 0.466 e. The lowest BCUT2D eigenvalue weighted by Crippen LogP contribution is -2.48. The van der Waals surface area contributed by atoms with Gasteiger partial charge in [-0.05, 0) is 50.7 Å². The molecule has 3 heterocycles. The van der Waals surface area contributed by atoms with Crippen molar-refractivity contribution in [3.8, 4) is 0 Å². The number of rotatable bonds is 5. The van der Waals surface area contributed by atoms with Crippen LogP contribution in [-0.4, -0.2) is 59.3 Å². The fraction of sp³-hybridized carbons (Fsp3) is 0.500. The van der Waals surface area contributed by atoms with E-state index in [0.29, 0.717) is 25.1 Å². The average Bonchev–Trinajstić information content (AvgIpc) is 3.19. The first-order valence-electron chi connectivity index (χ1n) is 11.8. The van der Waals surface area contributed by atoms with Crippen molar-refractivity contribution in [2.24, 2.45) is 4.99 Å². The van der Waals surface area contributed by atoms with Crippen LogP contribution >= 0.6 is 11.8 Å². The molecule has 0 radical (unpaired) electrons. The van der Waals surface area contributed by atoms with Crippen LogP contribution in [0.15, 0.2) is 45.6 Å². The van der Waals surface area contributed by atoms with E-state index in [1.807, 2.05) is 31.1 Å². The maximum atomic E-state index is 13.3. The monoisotopic (exact) mass is 483 g/mol. The van der Waals surface area contributed by atoms with E-state index in [4.69, 9.17) is 14.5 Å². The van der Waals surface area contributed by atoms with Crippen LogP contribution in [0.1, 0.15) is 56.3 Å². The van der Waals surface area contributed by atoms with Crippen molar-refractivity contribution < 1.29 is 19.1 Å². The number of esters is 1. The second kappa shape index (κ2) is 9.96. The molecule has 1 fully saturated rings. The minimum Gasteiger partial charge on any atom is -0.466 e. The highest BCUT2D eigenvalue weighted by molar-refractivity contribution is 8.16. The number of ether oxygens (including phenoxy) is 2. The van der Waals surface area contributed by atoms with Gasteiger partial charge >= 0.3 is 5.97 Å². The lowest BCUT2D eigenvalue weighted by molar-refractivity contribution is -0.142. The topological polar surface area (TPSA) is 71.4 Å². The standard InChI is InChI=1S/C26H33N3O4S/c1-7-21-23(25(31)32-6)24(20-9-8-15(2)10-16(20)3)29-19(14-34-26(29)27-21)11-22(30)28-12-17(4)33-18(5)13-28/h8-10,14,17-18,24H,7,11-13H2,1-6H3. The summed E-state index contributed by atoms with van der Waals surface area (Å²) in [6.45, 7) is 11.3. The zero-order chi connectivity index (χ0) is 24.6. The van der Waals surface area contributed by atoms with E-state index in [1.54, 1.807) is 0 Å². The molecule has 3 aliphatic rings. The van der Waals surface area contributed by atoms with Gasteiger partial charge in [0.1, 0.15) is 0 Å². The fourth-order valence-corrected chi connectivity index (χ4v) is 5.92. The molecule has 8 heteroatoms. The average molecular weight is 484 g/mol. The van der Waals surface area contributed by atoms with E-state index in [-0.39, 0.29) is 30.5 Å². The molecule has 0 spiro atoms. The van der Waals surface area contributed by atoms with Crippen molar-refractivity contribution in [1.29, 1.82) is 0 Å². The molecule has 3 atom stereocenters. The third kappa shape index (κ3) is 4.66. The zero-order valence-corrected chi connectivity index (χ0v) is 21.6. The number of allylic oxidation sites excluding steroid dienone is 1. The summed E-state index contributed by atoms with van der Waals surface area (Å²) in [4.78, 5) is 35.1. The van der Waals surface area contributed by atoms with Crippen LogP contribution in [0, 0.1) is 13.8 Å². The summed E-state index contributed by atoms with van der Waals surface area (Å²) >= 11 is 1.50. The number of carbonyl (C=O) groups is 2. The Morgan fingerprint density at radius 3 is 2.53 bits per heavy atom. The molecule has 3 unspecified atom stereocenters. The number of nitrogens with zero attached hydrogens (tertiary/aromatic N) is 3. The minimum absolute atomic E-state index is 0.00988. The lowest BCUT2D eigenvalue weighted by Gasteiger charge is -2.39. The second-order valence-electron chi connectivity index (χ2n) is 9.19. The molecule has 182 valence electrons. The summed E-state index contributed by atoms with van der Waals surface area (Å²) in [7, 11) is 1.40. The van der Waals surface area contributed by atoms with Crippen molar-refractivity contribution >= 4 is 28.8 Å². The number of fused-ring (bicyclic) bond motifs is 1. The van der Waals surface area contributed by atoms with E-state index in [1.165, 1.54) is 18.9 Å². The molecule has 0 bridgehead atoms. The quantitative estimate of drug-likeness (QED) is 0.576. The molecule has 0 N–H and O–H groups in total. The molecule has 1 saturated heterocycles. The number of aliphatic imine (C=N–C) groups is 1. The van der Waals surface area contributed by atoms with Crippen LogP contribution in [0.2, 0.25) is 0 Å². The Balaban J connectivity index is 1.72. The first kappa shape index (κ1) is 24.5. The zero-order valence-electron chi connectivity index (χ0n) is 20.8. The number of amidine groups is 1. The summed E-state index contributed by atoms with van der Waals surface area (Å²) in [5, 5.41) is 2.79. The molecule has 0 saturated carbocycles. The number of carbonyl (C=O) groups excluding carboxylic acids is 2. The normalized spacial score (nSPS) is 24.6. The summed E-state index contributed by atoms with van der Waals surface area (Å²) in [5.74, 6) is -0.331. The molecular formula is C26H33N3O4S. The van der Waals surface area contributed by atoms with Gasteiger partial charge in [-0.3, -0.25) is 4.79 Å². The third-order valence-corrected chi connectivity index (χ3v) is 7.34. The lowest BCUT2D eigenvalue weighted by atomic mass is 9.89. The second-order valence-corrected chi connectivity index (χ2v) is 10.0. The molecule has 1 aromatic rings. The molecular weight excluding hydrogens is 450 g/mol.